The number of carbonyl (C=O) groups excluding carboxylic acids is 2. The lowest BCUT2D eigenvalue weighted by Crippen LogP contribution is -2.51. The van der Waals surface area contributed by atoms with Crippen molar-refractivity contribution in [3.63, 3.8) is 0 Å². The van der Waals surface area contributed by atoms with Crippen LogP contribution < -0.4 is 18.9 Å². The lowest BCUT2D eigenvalue weighted by atomic mass is 9.73. The third kappa shape index (κ3) is 3.40. The van der Waals surface area contributed by atoms with E-state index in [0.29, 0.717) is 17.1 Å². The van der Waals surface area contributed by atoms with Gasteiger partial charge >= 0.3 is 11.9 Å². The average Bonchev–Trinajstić information content (AvgIpc) is 2.75. The summed E-state index contributed by atoms with van der Waals surface area (Å²) in [5, 5.41) is 0. The number of hydrogen-bond donors (Lipinski definition) is 0. The van der Waals surface area contributed by atoms with Gasteiger partial charge in [-0.05, 0) is 11.6 Å². The highest BCUT2D eigenvalue weighted by Crippen LogP contribution is 2.48. The second kappa shape index (κ2) is 8.26. The van der Waals surface area contributed by atoms with Crippen LogP contribution in [0.3, 0.4) is 0 Å². The van der Waals surface area contributed by atoms with E-state index in [1.807, 2.05) is 0 Å². The van der Waals surface area contributed by atoms with Crippen LogP contribution in [0.15, 0.2) is 49.1 Å². The minimum absolute atomic E-state index is 0.0248. The normalized spacial score (nSPS) is 17.6. The van der Waals surface area contributed by atoms with Gasteiger partial charge in [0.15, 0.2) is 0 Å². The van der Waals surface area contributed by atoms with Gasteiger partial charge in [0.05, 0.1) is 26.9 Å². The Kier molecular flexibility index (Phi) is 5.77. The third-order valence-corrected chi connectivity index (χ3v) is 4.80. The summed E-state index contributed by atoms with van der Waals surface area (Å²) in [4.78, 5) is 26.6. The Morgan fingerprint density at radius 3 is 2.38 bits per heavy atom. The predicted octanol–water partition coefficient (Wildman–Crippen LogP) is 2.84. The highest BCUT2D eigenvalue weighted by molar-refractivity contribution is 6.09. The monoisotopic (exact) mass is 398 g/mol. The van der Waals surface area contributed by atoms with E-state index in [1.165, 1.54) is 27.4 Å². The number of rotatable bonds is 7. The first-order valence-electron chi connectivity index (χ1n) is 8.90. The molecule has 1 aliphatic rings. The van der Waals surface area contributed by atoms with Gasteiger partial charge < -0.3 is 23.7 Å². The summed E-state index contributed by atoms with van der Waals surface area (Å²) in [6.07, 6.45) is 1.45. The van der Waals surface area contributed by atoms with Gasteiger partial charge in [-0.25, -0.2) is 0 Å². The number of benzene rings is 2. The van der Waals surface area contributed by atoms with E-state index in [4.69, 9.17) is 23.7 Å². The summed E-state index contributed by atoms with van der Waals surface area (Å²) in [7, 11) is 4.36. The molecule has 0 saturated carbocycles. The van der Waals surface area contributed by atoms with Crippen molar-refractivity contribution >= 4 is 11.9 Å². The Morgan fingerprint density at radius 2 is 1.79 bits per heavy atom. The highest BCUT2D eigenvalue weighted by atomic mass is 16.6. The smallest absolute Gasteiger partial charge is 0.334 e. The van der Waals surface area contributed by atoms with Gasteiger partial charge in [-0.3, -0.25) is 9.59 Å². The van der Waals surface area contributed by atoms with E-state index < -0.39 is 17.4 Å². The minimum atomic E-state index is -1.82. The minimum Gasteiger partial charge on any atom is -0.496 e. The van der Waals surface area contributed by atoms with Gasteiger partial charge in [0.1, 0.15) is 29.6 Å². The van der Waals surface area contributed by atoms with Crippen molar-refractivity contribution in [2.45, 2.75) is 11.8 Å². The van der Waals surface area contributed by atoms with Crippen molar-refractivity contribution in [2.75, 3.05) is 27.9 Å². The molecule has 0 spiro atoms. The number of para-hydroxylation sites is 1. The Bertz CT molecular complexity index is 925. The summed E-state index contributed by atoms with van der Waals surface area (Å²) in [5.41, 5.74) is -0.917. The molecular formula is C22H22O7. The quantitative estimate of drug-likeness (QED) is 0.307. The number of ether oxygens (including phenoxy) is 5. The molecule has 29 heavy (non-hydrogen) atoms. The van der Waals surface area contributed by atoms with E-state index in [1.54, 1.807) is 36.4 Å². The zero-order valence-electron chi connectivity index (χ0n) is 16.5. The standard InChI is InChI=1S/C22H22O7/c1-5-10-28-20(23)22(13-14-8-6-7-9-16(14)29-21(22)24)19-17(26-3)11-15(25-2)12-18(19)27-4/h5-9,11-12H,1,10,13H2,2-4H3. The summed E-state index contributed by atoms with van der Waals surface area (Å²) in [6, 6.07) is 10.2. The fourth-order valence-corrected chi connectivity index (χ4v) is 3.43. The zero-order valence-corrected chi connectivity index (χ0v) is 16.5. The number of esters is 2. The maximum Gasteiger partial charge on any atom is 0.334 e. The van der Waals surface area contributed by atoms with Gasteiger partial charge in [0, 0.05) is 18.6 Å². The fourth-order valence-electron chi connectivity index (χ4n) is 3.43. The van der Waals surface area contributed by atoms with Crippen molar-refractivity contribution < 1.29 is 33.3 Å². The molecule has 1 heterocycles. The van der Waals surface area contributed by atoms with E-state index in [2.05, 4.69) is 6.58 Å². The molecule has 1 aliphatic heterocycles. The molecule has 0 saturated heterocycles. The van der Waals surface area contributed by atoms with Crippen molar-refractivity contribution in [1.82, 2.24) is 0 Å². The molecule has 152 valence electrons. The fraction of sp³-hybridized carbons (Fsp3) is 0.273. The predicted molar refractivity (Wildman–Crippen MR) is 105 cm³/mol. The number of methoxy groups -OCH3 is 3. The van der Waals surface area contributed by atoms with Crippen LogP contribution in [0.2, 0.25) is 0 Å². The molecule has 2 aromatic rings. The number of fused-ring (bicyclic) bond motifs is 1. The van der Waals surface area contributed by atoms with Gasteiger partial charge in [0.25, 0.3) is 0 Å². The highest BCUT2D eigenvalue weighted by Gasteiger charge is 2.57. The molecule has 0 bridgehead atoms. The largest absolute Gasteiger partial charge is 0.496 e. The van der Waals surface area contributed by atoms with E-state index in [0.717, 1.165) is 0 Å². The first-order chi connectivity index (χ1) is 14.0. The Balaban J connectivity index is 2.30. The Labute approximate surface area is 168 Å². The first kappa shape index (κ1) is 20.3. The molecule has 0 amide bonds. The van der Waals surface area contributed by atoms with Gasteiger partial charge in [-0.2, -0.15) is 0 Å². The van der Waals surface area contributed by atoms with Crippen molar-refractivity contribution in [3.8, 4) is 23.0 Å². The average molecular weight is 398 g/mol. The number of carbonyl (C=O) groups is 2. The summed E-state index contributed by atoms with van der Waals surface area (Å²) in [6.45, 7) is 3.50. The van der Waals surface area contributed by atoms with Gasteiger partial charge in [-0.15, -0.1) is 0 Å². The first-order valence-corrected chi connectivity index (χ1v) is 8.90. The van der Waals surface area contributed by atoms with Crippen LogP contribution in [0, 0.1) is 0 Å². The van der Waals surface area contributed by atoms with Crippen molar-refractivity contribution in [2.24, 2.45) is 0 Å². The Morgan fingerprint density at radius 1 is 1.14 bits per heavy atom. The van der Waals surface area contributed by atoms with Crippen LogP contribution in [0.1, 0.15) is 11.1 Å². The SMILES string of the molecule is C=CCOC(=O)C1(c2c(OC)cc(OC)cc2OC)Cc2ccccc2OC1=O. The molecular weight excluding hydrogens is 376 g/mol. The van der Waals surface area contributed by atoms with Crippen LogP contribution in [-0.4, -0.2) is 39.9 Å². The summed E-state index contributed by atoms with van der Waals surface area (Å²) < 4.78 is 27.2. The molecule has 3 rings (SSSR count). The Hall–Kier alpha value is -3.48. The summed E-state index contributed by atoms with van der Waals surface area (Å²) in [5.74, 6) is -0.218. The van der Waals surface area contributed by atoms with Gasteiger partial charge in [-0.1, -0.05) is 30.9 Å². The molecule has 0 radical (unpaired) electrons. The maximum atomic E-state index is 13.3. The second-order valence-corrected chi connectivity index (χ2v) is 6.37. The van der Waals surface area contributed by atoms with Crippen LogP contribution >= 0.6 is 0 Å². The molecule has 2 aromatic carbocycles. The molecule has 7 nitrogen and oxygen atoms in total. The topological polar surface area (TPSA) is 80.3 Å². The molecule has 1 atom stereocenters. The molecule has 0 N–H and O–H groups in total. The molecule has 0 aliphatic carbocycles. The third-order valence-electron chi connectivity index (χ3n) is 4.80. The zero-order chi connectivity index (χ0) is 21.0. The second-order valence-electron chi connectivity index (χ2n) is 6.37. The maximum absolute atomic E-state index is 13.3. The molecule has 0 aromatic heterocycles. The number of hydrogen-bond acceptors (Lipinski definition) is 7. The lowest BCUT2D eigenvalue weighted by molar-refractivity contribution is -0.161. The van der Waals surface area contributed by atoms with E-state index in [9.17, 15) is 9.59 Å². The lowest BCUT2D eigenvalue weighted by Gasteiger charge is -2.35. The molecule has 7 heteroatoms. The van der Waals surface area contributed by atoms with E-state index >= 15 is 0 Å². The molecule has 1 unspecified atom stereocenters. The summed E-state index contributed by atoms with van der Waals surface area (Å²) >= 11 is 0. The van der Waals surface area contributed by atoms with Crippen LogP contribution in [0.4, 0.5) is 0 Å². The van der Waals surface area contributed by atoms with E-state index in [-0.39, 0.29) is 30.1 Å². The molecule has 0 fully saturated rings. The van der Waals surface area contributed by atoms with Crippen LogP contribution in [-0.2, 0) is 26.2 Å². The van der Waals surface area contributed by atoms with Gasteiger partial charge in [0.2, 0.25) is 5.41 Å². The van der Waals surface area contributed by atoms with Crippen LogP contribution in [0.25, 0.3) is 0 Å². The van der Waals surface area contributed by atoms with Crippen LogP contribution in [0.5, 0.6) is 23.0 Å². The van der Waals surface area contributed by atoms with Crippen molar-refractivity contribution in [1.29, 1.82) is 0 Å². The van der Waals surface area contributed by atoms with Crippen molar-refractivity contribution in [3.05, 3.63) is 60.2 Å².